The van der Waals surface area contributed by atoms with Gasteiger partial charge in [0.25, 0.3) is 0 Å². The van der Waals surface area contributed by atoms with Crippen molar-refractivity contribution in [3.8, 4) is 0 Å². The van der Waals surface area contributed by atoms with E-state index in [1.165, 1.54) is 0 Å². The van der Waals surface area contributed by atoms with Gasteiger partial charge in [-0.1, -0.05) is 13.8 Å². The van der Waals surface area contributed by atoms with E-state index in [4.69, 9.17) is 0 Å². The number of Topliss-reactive ketones (excluding diaryl/α,β-unsaturated/α-hetero) is 1. The highest BCUT2D eigenvalue weighted by atomic mass is 16.1. The lowest BCUT2D eigenvalue weighted by atomic mass is 10.1. The van der Waals surface area contributed by atoms with Gasteiger partial charge in [-0.05, 0) is 31.9 Å². The number of rotatable bonds is 6. The van der Waals surface area contributed by atoms with Gasteiger partial charge < -0.3 is 0 Å². The summed E-state index contributed by atoms with van der Waals surface area (Å²) in [5.74, 6) is 0.102. The van der Waals surface area contributed by atoms with E-state index in [9.17, 15) is 4.79 Å². The molecule has 0 saturated heterocycles. The summed E-state index contributed by atoms with van der Waals surface area (Å²) in [6, 6.07) is 3.91. The summed E-state index contributed by atoms with van der Waals surface area (Å²) in [6.45, 7) is 6.83. The highest BCUT2D eigenvalue weighted by Gasteiger charge is 2.16. The molecule has 0 aliphatic carbocycles. The summed E-state index contributed by atoms with van der Waals surface area (Å²) in [5.41, 5.74) is 3.64. The predicted octanol–water partition coefficient (Wildman–Crippen LogP) is 2.19. The minimum Gasteiger partial charge on any atom is -0.292 e. The Balaban J connectivity index is 2.23. The molecular weight excluding hydrogens is 252 g/mol. The second-order valence-corrected chi connectivity index (χ2v) is 4.89. The van der Waals surface area contributed by atoms with Gasteiger partial charge in [-0.25, -0.2) is 0 Å². The molecule has 0 saturated carbocycles. The van der Waals surface area contributed by atoms with Crippen molar-refractivity contribution in [1.29, 1.82) is 0 Å². The molecule has 0 aliphatic heterocycles. The first-order valence-corrected chi connectivity index (χ1v) is 7.20. The van der Waals surface area contributed by atoms with Crippen molar-refractivity contribution in [2.24, 2.45) is 7.05 Å². The zero-order valence-corrected chi connectivity index (χ0v) is 12.7. The predicted molar refractivity (Wildman–Crippen MR) is 77.9 cm³/mol. The lowest BCUT2D eigenvalue weighted by molar-refractivity contribution is 0.0980. The lowest BCUT2D eigenvalue weighted by Gasteiger charge is -2.04. The van der Waals surface area contributed by atoms with E-state index in [0.29, 0.717) is 18.7 Å². The van der Waals surface area contributed by atoms with Crippen molar-refractivity contribution < 1.29 is 4.79 Å². The summed E-state index contributed by atoms with van der Waals surface area (Å²) in [5, 5.41) is 8.81. The quantitative estimate of drug-likeness (QED) is 0.759. The van der Waals surface area contributed by atoms with Crippen molar-refractivity contribution in [1.82, 2.24) is 19.6 Å². The first-order chi connectivity index (χ1) is 9.58. The Morgan fingerprint density at radius 1 is 1.10 bits per heavy atom. The topological polar surface area (TPSA) is 52.7 Å². The number of aryl methyl sites for hydroxylation is 4. The molecule has 2 rings (SSSR count). The van der Waals surface area contributed by atoms with Crippen LogP contribution < -0.4 is 0 Å². The van der Waals surface area contributed by atoms with E-state index in [1.54, 1.807) is 9.36 Å². The van der Waals surface area contributed by atoms with Crippen molar-refractivity contribution in [3.63, 3.8) is 0 Å². The molecule has 0 amide bonds. The number of carbonyl (C=O) groups is 1. The van der Waals surface area contributed by atoms with E-state index in [0.717, 1.165) is 29.9 Å². The monoisotopic (exact) mass is 274 g/mol. The highest BCUT2D eigenvalue weighted by Crippen LogP contribution is 2.12. The second-order valence-electron chi connectivity index (χ2n) is 4.89. The fraction of sp³-hybridized carbons (Fsp3) is 0.533. The van der Waals surface area contributed by atoms with Gasteiger partial charge in [0.1, 0.15) is 5.69 Å². The van der Waals surface area contributed by atoms with Crippen LogP contribution in [0.15, 0.2) is 12.1 Å². The molecule has 0 aliphatic rings. The Bertz CT molecular complexity index is 609. The van der Waals surface area contributed by atoms with E-state index in [1.807, 2.05) is 33.0 Å². The lowest BCUT2D eigenvalue weighted by Crippen LogP contribution is -2.13. The van der Waals surface area contributed by atoms with Crippen LogP contribution in [0, 0.1) is 0 Å². The number of hydrogen-bond acceptors (Lipinski definition) is 3. The van der Waals surface area contributed by atoms with Crippen LogP contribution in [-0.2, 0) is 32.9 Å². The van der Waals surface area contributed by atoms with Gasteiger partial charge >= 0.3 is 0 Å². The molecule has 0 radical (unpaired) electrons. The molecule has 0 N–H and O–H groups in total. The van der Waals surface area contributed by atoms with Crippen LogP contribution in [0.25, 0.3) is 0 Å². The maximum Gasteiger partial charge on any atom is 0.186 e. The van der Waals surface area contributed by atoms with E-state index >= 15 is 0 Å². The standard InChI is InChI=1S/C15H22N4O/c1-5-11-8-13(18(4)16-11)10-15(20)14-9-12(6-2)17-19(14)7-3/h8-9H,5-7,10H2,1-4H3. The van der Waals surface area contributed by atoms with Crippen molar-refractivity contribution in [2.75, 3.05) is 0 Å². The number of ketones is 1. The Kier molecular flexibility index (Phi) is 4.37. The molecule has 0 aromatic carbocycles. The Morgan fingerprint density at radius 3 is 2.30 bits per heavy atom. The number of carbonyl (C=O) groups excluding carboxylic acids is 1. The van der Waals surface area contributed by atoms with Crippen LogP contribution in [0.5, 0.6) is 0 Å². The maximum atomic E-state index is 12.5. The molecule has 5 nitrogen and oxygen atoms in total. The Morgan fingerprint density at radius 2 is 1.75 bits per heavy atom. The Labute approximate surface area is 119 Å². The third kappa shape index (κ3) is 2.81. The molecule has 2 heterocycles. The minimum atomic E-state index is 0.102. The van der Waals surface area contributed by atoms with Crippen LogP contribution in [0.3, 0.4) is 0 Å². The fourth-order valence-electron chi connectivity index (χ4n) is 2.27. The van der Waals surface area contributed by atoms with Gasteiger partial charge in [-0.2, -0.15) is 10.2 Å². The first kappa shape index (κ1) is 14.5. The highest BCUT2D eigenvalue weighted by molar-refractivity contribution is 5.96. The summed E-state index contributed by atoms with van der Waals surface area (Å²) < 4.78 is 3.59. The van der Waals surface area contributed by atoms with E-state index < -0.39 is 0 Å². The average Bonchev–Trinajstić information content (AvgIpc) is 3.02. The summed E-state index contributed by atoms with van der Waals surface area (Å²) in [4.78, 5) is 12.5. The van der Waals surface area contributed by atoms with Gasteiger partial charge in [0.2, 0.25) is 0 Å². The van der Waals surface area contributed by atoms with E-state index in [-0.39, 0.29) is 5.78 Å². The molecule has 0 fully saturated rings. The second kappa shape index (κ2) is 6.03. The summed E-state index contributed by atoms with van der Waals surface area (Å²) in [6.07, 6.45) is 2.10. The van der Waals surface area contributed by atoms with Crippen molar-refractivity contribution in [2.45, 2.75) is 46.6 Å². The normalized spacial score (nSPS) is 11.0. The molecule has 0 bridgehead atoms. The molecule has 0 unspecified atom stereocenters. The van der Waals surface area contributed by atoms with Gasteiger partial charge in [0.05, 0.1) is 17.8 Å². The molecule has 108 valence electrons. The molecule has 0 spiro atoms. The van der Waals surface area contributed by atoms with Crippen LogP contribution in [0.2, 0.25) is 0 Å². The van der Waals surface area contributed by atoms with Crippen LogP contribution in [0.1, 0.15) is 48.3 Å². The fourth-order valence-corrected chi connectivity index (χ4v) is 2.27. The zero-order chi connectivity index (χ0) is 14.7. The Hall–Kier alpha value is -1.91. The molecule has 20 heavy (non-hydrogen) atoms. The molecule has 5 heteroatoms. The van der Waals surface area contributed by atoms with Crippen LogP contribution >= 0.6 is 0 Å². The maximum absolute atomic E-state index is 12.5. The van der Waals surface area contributed by atoms with Gasteiger partial charge in [-0.15, -0.1) is 0 Å². The molecule has 2 aromatic heterocycles. The van der Waals surface area contributed by atoms with E-state index in [2.05, 4.69) is 17.1 Å². The van der Waals surface area contributed by atoms with Gasteiger partial charge in [0, 0.05) is 19.3 Å². The largest absolute Gasteiger partial charge is 0.292 e. The summed E-state index contributed by atoms with van der Waals surface area (Å²) in [7, 11) is 1.89. The van der Waals surface area contributed by atoms with Gasteiger partial charge in [-0.3, -0.25) is 14.2 Å². The molecular formula is C15H22N4O. The van der Waals surface area contributed by atoms with Crippen LogP contribution in [0.4, 0.5) is 0 Å². The zero-order valence-electron chi connectivity index (χ0n) is 12.7. The molecule has 0 atom stereocenters. The van der Waals surface area contributed by atoms with Crippen molar-refractivity contribution in [3.05, 3.63) is 34.9 Å². The van der Waals surface area contributed by atoms with Crippen LogP contribution in [-0.4, -0.2) is 25.3 Å². The number of hydrogen-bond donors (Lipinski definition) is 0. The average molecular weight is 274 g/mol. The smallest absolute Gasteiger partial charge is 0.186 e. The minimum absolute atomic E-state index is 0.102. The first-order valence-electron chi connectivity index (χ1n) is 7.20. The number of nitrogens with zero attached hydrogens (tertiary/aromatic N) is 4. The van der Waals surface area contributed by atoms with Crippen molar-refractivity contribution >= 4 is 5.78 Å². The third-order valence-corrected chi connectivity index (χ3v) is 3.51. The third-order valence-electron chi connectivity index (χ3n) is 3.51. The summed E-state index contributed by atoms with van der Waals surface area (Å²) >= 11 is 0. The molecule has 2 aromatic rings. The van der Waals surface area contributed by atoms with Gasteiger partial charge in [0.15, 0.2) is 5.78 Å². The SMILES string of the molecule is CCc1cc(CC(=O)c2cc(CC)nn2CC)n(C)n1. The number of aromatic nitrogens is 4.